The second kappa shape index (κ2) is 8.68. The van der Waals surface area contributed by atoms with E-state index in [-0.39, 0.29) is 11.3 Å². The van der Waals surface area contributed by atoms with Crippen LogP contribution in [0, 0.1) is 6.92 Å². The van der Waals surface area contributed by atoms with E-state index in [4.69, 9.17) is 9.47 Å². The highest BCUT2D eigenvalue weighted by atomic mass is 32.2. The lowest BCUT2D eigenvalue weighted by Gasteiger charge is -2.10. The number of hydrogen-bond acceptors (Lipinski definition) is 6. The van der Waals surface area contributed by atoms with Crippen molar-refractivity contribution in [2.75, 3.05) is 31.0 Å². The van der Waals surface area contributed by atoms with Crippen molar-refractivity contribution in [3.05, 3.63) is 53.6 Å². The molecule has 2 aromatic rings. The van der Waals surface area contributed by atoms with Crippen LogP contribution in [-0.2, 0) is 14.6 Å². The first kappa shape index (κ1) is 20.4. The predicted molar refractivity (Wildman–Crippen MR) is 102 cm³/mol. The summed E-state index contributed by atoms with van der Waals surface area (Å²) < 4.78 is 34.7. The van der Waals surface area contributed by atoms with E-state index in [2.05, 4.69) is 5.32 Å². The SMILES string of the molecule is COc1ccc(C(=O)CS(=O)(=O)CC(=O)Nc2cccc(C)c2)c(OC)c1. The van der Waals surface area contributed by atoms with Crippen LogP contribution in [0.5, 0.6) is 11.5 Å². The zero-order valence-electron chi connectivity index (χ0n) is 15.3. The number of carbonyl (C=O) groups excluding carboxylic acids is 2. The Labute approximate surface area is 158 Å². The van der Waals surface area contributed by atoms with Crippen LogP contribution in [0.4, 0.5) is 5.69 Å². The van der Waals surface area contributed by atoms with Gasteiger partial charge >= 0.3 is 0 Å². The zero-order valence-corrected chi connectivity index (χ0v) is 16.1. The Kier molecular flexibility index (Phi) is 6.57. The van der Waals surface area contributed by atoms with Crippen LogP contribution in [-0.4, -0.2) is 45.8 Å². The second-order valence-electron chi connectivity index (χ2n) is 5.94. The van der Waals surface area contributed by atoms with Crippen LogP contribution in [0.1, 0.15) is 15.9 Å². The topological polar surface area (TPSA) is 98.8 Å². The number of sulfone groups is 1. The van der Waals surface area contributed by atoms with Gasteiger partial charge in [-0.25, -0.2) is 8.42 Å². The van der Waals surface area contributed by atoms with Crippen molar-refractivity contribution < 1.29 is 27.5 Å². The molecule has 0 heterocycles. The fraction of sp³-hybridized carbons (Fsp3) is 0.263. The average Bonchev–Trinajstić information content (AvgIpc) is 2.59. The lowest BCUT2D eigenvalue weighted by Crippen LogP contribution is -2.27. The van der Waals surface area contributed by atoms with Gasteiger partial charge in [-0.3, -0.25) is 9.59 Å². The average molecular weight is 391 g/mol. The molecule has 0 bridgehead atoms. The molecule has 144 valence electrons. The maximum absolute atomic E-state index is 12.4. The van der Waals surface area contributed by atoms with Crippen LogP contribution in [0.2, 0.25) is 0 Å². The highest BCUT2D eigenvalue weighted by Crippen LogP contribution is 2.25. The minimum atomic E-state index is -3.95. The summed E-state index contributed by atoms with van der Waals surface area (Å²) in [6, 6.07) is 11.4. The number of rotatable bonds is 8. The van der Waals surface area contributed by atoms with E-state index >= 15 is 0 Å². The fourth-order valence-corrected chi connectivity index (χ4v) is 3.61. The molecule has 0 saturated carbocycles. The Balaban J connectivity index is 2.07. The monoisotopic (exact) mass is 391 g/mol. The van der Waals surface area contributed by atoms with Crippen molar-refractivity contribution in [2.24, 2.45) is 0 Å². The van der Waals surface area contributed by atoms with Crippen molar-refractivity contribution in [1.29, 1.82) is 0 Å². The molecule has 2 rings (SSSR count). The number of hydrogen-bond donors (Lipinski definition) is 1. The molecule has 0 radical (unpaired) electrons. The molecular weight excluding hydrogens is 370 g/mol. The van der Waals surface area contributed by atoms with E-state index < -0.39 is 33.0 Å². The first-order valence-electron chi connectivity index (χ1n) is 8.06. The van der Waals surface area contributed by atoms with E-state index in [1.54, 1.807) is 18.2 Å². The molecule has 0 aromatic heterocycles. The summed E-state index contributed by atoms with van der Waals surface area (Å²) >= 11 is 0. The van der Waals surface area contributed by atoms with E-state index in [9.17, 15) is 18.0 Å². The number of amides is 1. The number of ether oxygens (including phenoxy) is 2. The Hall–Kier alpha value is -2.87. The minimum Gasteiger partial charge on any atom is -0.497 e. The van der Waals surface area contributed by atoms with Gasteiger partial charge in [-0.05, 0) is 36.8 Å². The van der Waals surface area contributed by atoms with E-state index in [0.717, 1.165) is 5.56 Å². The smallest absolute Gasteiger partial charge is 0.239 e. The summed E-state index contributed by atoms with van der Waals surface area (Å²) in [7, 11) is -1.11. The van der Waals surface area contributed by atoms with Crippen molar-refractivity contribution >= 4 is 27.2 Å². The number of ketones is 1. The van der Waals surface area contributed by atoms with Gasteiger partial charge < -0.3 is 14.8 Å². The van der Waals surface area contributed by atoms with Crippen LogP contribution in [0.25, 0.3) is 0 Å². The predicted octanol–water partition coefficient (Wildman–Crippen LogP) is 2.25. The number of Topliss-reactive ketones (excluding diaryl/α,β-unsaturated/α-hetero) is 1. The summed E-state index contributed by atoms with van der Waals surface area (Å²) in [5, 5.41) is 2.52. The Bertz CT molecular complexity index is 952. The van der Waals surface area contributed by atoms with Crippen LogP contribution >= 0.6 is 0 Å². The molecular formula is C19H21NO6S. The van der Waals surface area contributed by atoms with Crippen molar-refractivity contribution in [3.63, 3.8) is 0 Å². The van der Waals surface area contributed by atoms with Gasteiger partial charge in [-0.1, -0.05) is 12.1 Å². The van der Waals surface area contributed by atoms with Crippen molar-refractivity contribution in [2.45, 2.75) is 6.92 Å². The summed E-state index contributed by atoms with van der Waals surface area (Å²) in [5.74, 6) is -2.25. The van der Waals surface area contributed by atoms with Gasteiger partial charge in [0.2, 0.25) is 5.91 Å². The molecule has 2 aromatic carbocycles. The summed E-state index contributed by atoms with van der Waals surface area (Å²) in [4.78, 5) is 24.4. The molecule has 1 amide bonds. The molecule has 0 unspecified atom stereocenters. The van der Waals surface area contributed by atoms with E-state index in [1.165, 1.54) is 32.4 Å². The lowest BCUT2D eigenvalue weighted by atomic mass is 10.1. The molecule has 27 heavy (non-hydrogen) atoms. The second-order valence-corrected chi connectivity index (χ2v) is 8.00. The standard InChI is InChI=1S/C19H21NO6S/c1-13-5-4-6-14(9-13)20-19(22)12-27(23,24)11-17(21)16-8-7-15(25-2)10-18(16)26-3/h4-10H,11-12H2,1-3H3,(H,20,22). The lowest BCUT2D eigenvalue weighted by molar-refractivity contribution is -0.113. The number of anilines is 1. The molecule has 8 heteroatoms. The third-order valence-electron chi connectivity index (χ3n) is 3.71. The molecule has 7 nitrogen and oxygen atoms in total. The normalized spacial score (nSPS) is 10.9. The van der Waals surface area contributed by atoms with Crippen LogP contribution in [0.3, 0.4) is 0 Å². The summed E-state index contributed by atoms with van der Waals surface area (Å²) in [5.41, 5.74) is 1.54. The Morgan fingerprint density at radius 1 is 1.00 bits per heavy atom. The number of aryl methyl sites for hydroxylation is 1. The number of benzene rings is 2. The van der Waals surface area contributed by atoms with Crippen LogP contribution in [0.15, 0.2) is 42.5 Å². The molecule has 1 N–H and O–H groups in total. The van der Waals surface area contributed by atoms with Gasteiger partial charge in [0.25, 0.3) is 0 Å². The molecule has 0 saturated heterocycles. The number of nitrogens with one attached hydrogen (secondary N) is 1. The molecule has 0 spiro atoms. The van der Waals surface area contributed by atoms with Gasteiger partial charge in [-0.15, -0.1) is 0 Å². The van der Waals surface area contributed by atoms with Crippen LogP contribution < -0.4 is 14.8 Å². The first-order valence-corrected chi connectivity index (χ1v) is 9.88. The van der Waals surface area contributed by atoms with Gasteiger partial charge in [-0.2, -0.15) is 0 Å². The number of carbonyl (C=O) groups is 2. The van der Waals surface area contributed by atoms with Gasteiger partial charge in [0.15, 0.2) is 15.6 Å². The molecule has 0 aliphatic heterocycles. The minimum absolute atomic E-state index is 0.112. The summed E-state index contributed by atoms with van der Waals surface area (Å²) in [6.45, 7) is 1.85. The fourth-order valence-electron chi connectivity index (χ4n) is 2.48. The van der Waals surface area contributed by atoms with Crippen molar-refractivity contribution in [1.82, 2.24) is 0 Å². The Morgan fingerprint density at radius 2 is 1.74 bits per heavy atom. The molecule has 0 fully saturated rings. The van der Waals surface area contributed by atoms with Gasteiger partial charge in [0.05, 0.1) is 19.8 Å². The quantitative estimate of drug-likeness (QED) is 0.693. The van der Waals surface area contributed by atoms with Gasteiger partial charge in [0, 0.05) is 11.8 Å². The highest BCUT2D eigenvalue weighted by molar-refractivity contribution is 7.92. The van der Waals surface area contributed by atoms with Gasteiger partial charge in [0.1, 0.15) is 23.0 Å². The first-order chi connectivity index (χ1) is 12.7. The Morgan fingerprint density at radius 3 is 2.37 bits per heavy atom. The third kappa shape index (κ3) is 5.82. The maximum atomic E-state index is 12.4. The molecule has 0 aliphatic carbocycles. The third-order valence-corrected chi connectivity index (χ3v) is 5.12. The maximum Gasteiger partial charge on any atom is 0.239 e. The van der Waals surface area contributed by atoms with E-state index in [0.29, 0.717) is 11.4 Å². The highest BCUT2D eigenvalue weighted by Gasteiger charge is 2.24. The molecule has 0 aliphatic rings. The van der Waals surface area contributed by atoms with Crippen molar-refractivity contribution in [3.8, 4) is 11.5 Å². The van der Waals surface area contributed by atoms with E-state index in [1.807, 2.05) is 13.0 Å². The summed E-state index contributed by atoms with van der Waals surface area (Å²) in [6.07, 6.45) is 0. The number of methoxy groups -OCH3 is 2. The zero-order chi connectivity index (χ0) is 20.0. The molecule has 0 atom stereocenters. The largest absolute Gasteiger partial charge is 0.497 e.